The molecule has 2 radical (unpaired) electrons. The van der Waals surface area contributed by atoms with Crippen molar-refractivity contribution < 1.29 is 0 Å². The molecule has 0 atom stereocenters. The van der Waals surface area contributed by atoms with Gasteiger partial charge in [0.1, 0.15) is 0 Å². The molecule has 0 spiro atoms. The van der Waals surface area contributed by atoms with Gasteiger partial charge in [-0.05, 0) is 18.2 Å². The summed E-state index contributed by atoms with van der Waals surface area (Å²) < 4.78 is 1.68. The van der Waals surface area contributed by atoms with E-state index >= 15 is 0 Å². The second-order valence-corrected chi connectivity index (χ2v) is 3.26. The lowest BCUT2D eigenvalue weighted by atomic mass is 10.2. The largest absolute Gasteiger partial charge is 0.396 e. The number of nitrogens with zero attached hydrogens (tertiary/aromatic N) is 2. The van der Waals surface area contributed by atoms with E-state index in [4.69, 9.17) is 7.98 Å². The maximum Gasteiger partial charge on any atom is 0.234 e. The summed E-state index contributed by atoms with van der Waals surface area (Å²) in [6.45, 7) is 0. The van der Waals surface area contributed by atoms with Crippen LogP contribution in [0.15, 0.2) is 42.6 Å². The highest BCUT2D eigenvalue weighted by atomic mass is 14.9. The maximum atomic E-state index is 5.95. The Bertz CT molecular complexity index is 560. The second-order valence-electron chi connectivity index (χ2n) is 3.26. The number of rotatable bonds is 0. The van der Waals surface area contributed by atoms with E-state index < -0.39 is 0 Å². The molecule has 0 unspecified atom stereocenters. The molecule has 0 aliphatic rings. The average Bonchev–Trinajstić information content (AvgIpc) is 2.55. The first-order valence-corrected chi connectivity index (χ1v) is 4.47. The van der Waals surface area contributed by atoms with Crippen LogP contribution in [0.1, 0.15) is 0 Å². The molecular formula is C11H7BN2. The predicted molar refractivity (Wildman–Crippen MR) is 58.4 cm³/mol. The van der Waals surface area contributed by atoms with E-state index in [1.165, 1.54) is 0 Å². The van der Waals surface area contributed by atoms with Gasteiger partial charge in [0, 0.05) is 17.1 Å². The van der Waals surface area contributed by atoms with Crippen molar-refractivity contribution in [2.75, 3.05) is 0 Å². The van der Waals surface area contributed by atoms with Crippen molar-refractivity contribution in [3.05, 3.63) is 42.6 Å². The van der Waals surface area contributed by atoms with Crippen molar-refractivity contribution >= 4 is 29.9 Å². The van der Waals surface area contributed by atoms with Crippen LogP contribution in [0.4, 0.5) is 0 Å². The van der Waals surface area contributed by atoms with Gasteiger partial charge in [-0.15, -0.1) is 0 Å². The van der Waals surface area contributed by atoms with Gasteiger partial charge in [-0.25, -0.2) is 0 Å². The first-order chi connectivity index (χ1) is 6.88. The molecule has 3 rings (SSSR count). The summed E-state index contributed by atoms with van der Waals surface area (Å²) in [4.78, 5) is 4.33. The van der Waals surface area contributed by atoms with Gasteiger partial charge >= 0.3 is 0 Å². The van der Waals surface area contributed by atoms with Crippen LogP contribution < -0.4 is 0 Å². The van der Waals surface area contributed by atoms with Gasteiger partial charge in [0.05, 0.1) is 11.0 Å². The lowest BCUT2D eigenvalue weighted by Gasteiger charge is -1.95. The van der Waals surface area contributed by atoms with Crippen molar-refractivity contribution in [1.29, 1.82) is 0 Å². The molecule has 0 amide bonds. The standard InChI is InChI=1S/C11H7BN2/c12-14-9-5-2-1-4-8(9)11-10(14)6-3-7-13-11/h1-7H. The SMILES string of the molecule is [B]n1c2ccccc2c2ncccc21. The van der Waals surface area contributed by atoms with Gasteiger partial charge in [0.15, 0.2) is 0 Å². The second kappa shape index (κ2) is 2.61. The molecule has 2 nitrogen and oxygen atoms in total. The van der Waals surface area contributed by atoms with Gasteiger partial charge in [0.2, 0.25) is 7.98 Å². The molecular weight excluding hydrogens is 171 g/mol. The number of pyridine rings is 1. The first-order valence-electron chi connectivity index (χ1n) is 4.47. The lowest BCUT2D eigenvalue weighted by Crippen LogP contribution is -1.89. The molecule has 1 aromatic carbocycles. The molecule has 2 heterocycles. The highest BCUT2D eigenvalue weighted by molar-refractivity contribution is 6.20. The van der Waals surface area contributed by atoms with Crippen molar-refractivity contribution in [3.8, 4) is 0 Å². The Kier molecular flexibility index (Phi) is 1.42. The fraction of sp³-hybridized carbons (Fsp3) is 0. The number of benzene rings is 1. The van der Waals surface area contributed by atoms with E-state index in [1.54, 1.807) is 10.7 Å². The van der Waals surface area contributed by atoms with E-state index in [-0.39, 0.29) is 0 Å². The van der Waals surface area contributed by atoms with Crippen LogP contribution in [0, 0.1) is 0 Å². The maximum absolute atomic E-state index is 5.95. The minimum atomic E-state index is 0.964. The van der Waals surface area contributed by atoms with Crippen molar-refractivity contribution in [2.45, 2.75) is 0 Å². The third-order valence-electron chi connectivity index (χ3n) is 2.46. The topological polar surface area (TPSA) is 17.8 Å². The van der Waals surface area contributed by atoms with Gasteiger partial charge in [-0.3, -0.25) is 4.98 Å². The number of hydrogen-bond donors (Lipinski definition) is 0. The Morgan fingerprint density at radius 3 is 2.71 bits per heavy atom. The fourth-order valence-electron chi connectivity index (χ4n) is 1.81. The number of aromatic nitrogens is 2. The Morgan fingerprint density at radius 1 is 1.00 bits per heavy atom. The molecule has 64 valence electrons. The minimum Gasteiger partial charge on any atom is -0.396 e. The zero-order valence-electron chi connectivity index (χ0n) is 7.51. The lowest BCUT2D eigenvalue weighted by molar-refractivity contribution is 1.36. The summed E-state index contributed by atoms with van der Waals surface area (Å²) in [5.41, 5.74) is 2.94. The summed E-state index contributed by atoms with van der Waals surface area (Å²) in [6.07, 6.45) is 1.79. The number of hydrogen-bond acceptors (Lipinski definition) is 1. The van der Waals surface area contributed by atoms with E-state index in [1.807, 2.05) is 36.4 Å². The summed E-state index contributed by atoms with van der Waals surface area (Å²) in [5, 5.41) is 1.10. The van der Waals surface area contributed by atoms with E-state index in [0.29, 0.717) is 0 Å². The van der Waals surface area contributed by atoms with Crippen LogP contribution >= 0.6 is 0 Å². The molecule has 0 fully saturated rings. The van der Waals surface area contributed by atoms with Gasteiger partial charge in [0.25, 0.3) is 0 Å². The Labute approximate surface area is 82.6 Å². The molecule has 0 N–H and O–H groups in total. The van der Waals surface area contributed by atoms with E-state index in [0.717, 1.165) is 21.9 Å². The fourth-order valence-corrected chi connectivity index (χ4v) is 1.81. The molecule has 0 saturated carbocycles. The van der Waals surface area contributed by atoms with Gasteiger partial charge in [-0.2, -0.15) is 0 Å². The van der Waals surface area contributed by atoms with Gasteiger partial charge < -0.3 is 4.48 Å². The highest BCUT2D eigenvalue weighted by Crippen LogP contribution is 2.24. The molecule has 3 heteroatoms. The Morgan fingerprint density at radius 2 is 1.79 bits per heavy atom. The summed E-state index contributed by atoms with van der Waals surface area (Å²) in [5.74, 6) is 0. The molecule has 0 aliphatic heterocycles. The van der Waals surface area contributed by atoms with Crippen molar-refractivity contribution in [2.24, 2.45) is 0 Å². The third kappa shape index (κ3) is 0.840. The van der Waals surface area contributed by atoms with Crippen molar-refractivity contribution in [3.63, 3.8) is 0 Å². The quantitative estimate of drug-likeness (QED) is 0.482. The molecule has 2 aromatic heterocycles. The number of fused-ring (bicyclic) bond motifs is 3. The van der Waals surface area contributed by atoms with Gasteiger partial charge in [-0.1, -0.05) is 18.2 Å². The third-order valence-corrected chi connectivity index (χ3v) is 2.46. The highest BCUT2D eigenvalue weighted by Gasteiger charge is 2.05. The molecule has 0 saturated heterocycles. The molecule has 0 aliphatic carbocycles. The molecule has 3 aromatic rings. The van der Waals surface area contributed by atoms with Crippen LogP contribution in [0.3, 0.4) is 0 Å². The Balaban J connectivity index is 2.69. The monoisotopic (exact) mass is 178 g/mol. The van der Waals surface area contributed by atoms with Crippen LogP contribution in [0.25, 0.3) is 21.9 Å². The predicted octanol–water partition coefficient (Wildman–Crippen LogP) is 2.12. The van der Waals surface area contributed by atoms with E-state index in [9.17, 15) is 0 Å². The zero-order valence-corrected chi connectivity index (χ0v) is 7.51. The summed E-state index contributed by atoms with van der Waals surface area (Å²) in [7, 11) is 5.95. The van der Waals surface area contributed by atoms with Crippen LogP contribution in [0.2, 0.25) is 0 Å². The smallest absolute Gasteiger partial charge is 0.234 e. The normalized spacial score (nSPS) is 11.1. The zero-order chi connectivity index (χ0) is 9.54. The molecule has 14 heavy (non-hydrogen) atoms. The van der Waals surface area contributed by atoms with Crippen LogP contribution in [-0.4, -0.2) is 17.4 Å². The van der Waals surface area contributed by atoms with E-state index in [2.05, 4.69) is 4.98 Å². The number of para-hydroxylation sites is 1. The summed E-state index contributed by atoms with van der Waals surface area (Å²) >= 11 is 0. The minimum absolute atomic E-state index is 0.964. The van der Waals surface area contributed by atoms with Crippen molar-refractivity contribution in [1.82, 2.24) is 9.46 Å². The first kappa shape index (κ1) is 7.62. The van der Waals surface area contributed by atoms with Crippen LogP contribution in [0.5, 0.6) is 0 Å². The summed E-state index contributed by atoms with van der Waals surface area (Å²) in [6, 6.07) is 11.9. The Hall–Kier alpha value is -1.77. The molecule has 0 bridgehead atoms. The average molecular weight is 178 g/mol. The van der Waals surface area contributed by atoms with Crippen LogP contribution in [-0.2, 0) is 0 Å².